The van der Waals surface area contributed by atoms with E-state index in [0.717, 1.165) is 6.26 Å². The summed E-state index contributed by atoms with van der Waals surface area (Å²) >= 11 is 0. The molecule has 1 aromatic carbocycles. The van der Waals surface area contributed by atoms with Gasteiger partial charge in [0, 0.05) is 17.8 Å². The minimum absolute atomic E-state index is 0.320. The number of nitrogens with zero attached hydrogens (tertiary/aromatic N) is 2. The van der Waals surface area contributed by atoms with E-state index in [-0.39, 0.29) is 5.82 Å². The molecule has 0 spiro atoms. The van der Waals surface area contributed by atoms with Gasteiger partial charge >= 0.3 is 0 Å². The van der Waals surface area contributed by atoms with Crippen molar-refractivity contribution in [1.82, 2.24) is 14.5 Å². The van der Waals surface area contributed by atoms with Crippen LogP contribution in [0, 0.1) is 5.82 Å². The third kappa shape index (κ3) is 3.39. The Morgan fingerprint density at radius 3 is 2.68 bits per heavy atom. The smallest absolute Gasteiger partial charge is 0.209 e. The Hall–Kier alpha value is -1.73. The molecule has 7 heteroatoms. The molecule has 1 atom stereocenters. The minimum Gasteiger partial charge on any atom is -0.238 e. The van der Waals surface area contributed by atoms with Crippen molar-refractivity contribution >= 4 is 10.0 Å². The molecule has 0 radical (unpaired) electrons. The Morgan fingerprint density at radius 1 is 1.37 bits per heavy atom. The second kappa shape index (κ2) is 5.10. The Labute approximate surface area is 111 Å². The number of nitrogens with one attached hydrogen (secondary N) is 1. The van der Waals surface area contributed by atoms with Crippen LogP contribution in [0.5, 0.6) is 0 Å². The van der Waals surface area contributed by atoms with E-state index in [1.165, 1.54) is 16.9 Å². The van der Waals surface area contributed by atoms with Crippen LogP contribution in [0.25, 0.3) is 5.69 Å². The Morgan fingerprint density at radius 2 is 2.05 bits per heavy atom. The zero-order valence-corrected chi connectivity index (χ0v) is 11.4. The molecular formula is C12H14FN3O2S. The summed E-state index contributed by atoms with van der Waals surface area (Å²) in [6, 6.07) is 5.82. The highest BCUT2D eigenvalue weighted by Gasteiger charge is 2.14. The van der Waals surface area contributed by atoms with Gasteiger partial charge in [0.15, 0.2) is 0 Å². The second-order valence-electron chi connectivity index (χ2n) is 4.28. The highest BCUT2D eigenvalue weighted by atomic mass is 32.2. The van der Waals surface area contributed by atoms with Gasteiger partial charge in [-0.3, -0.25) is 0 Å². The first-order valence-electron chi connectivity index (χ1n) is 5.63. The van der Waals surface area contributed by atoms with Crippen LogP contribution in [-0.4, -0.2) is 24.5 Å². The maximum atomic E-state index is 13.6. The van der Waals surface area contributed by atoms with E-state index in [2.05, 4.69) is 9.82 Å². The highest BCUT2D eigenvalue weighted by molar-refractivity contribution is 7.88. The van der Waals surface area contributed by atoms with E-state index in [4.69, 9.17) is 0 Å². The van der Waals surface area contributed by atoms with E-state index in [1.54, 1.807) is 31.3 Å². The molecule has 1 N–H and O–H groups in total. The number of sulfonamides is 1. The first kappa shape index (κ1) is 13.7. The van der Waals surface area contributed by atoms with Gasteiger partial charge in [0.25, 0.3) is 0 Å². The predicted molar refractivity (Wildman–Crippen MR) is 69.9 cm³/mol. The molecule has 0 amide bonds. The number of hydrogen-bond donors (Lipinski definition) is 1. The van der Waals surface area contributed by atoms with E-state index < -0.39 is 16.1 Å². The zero-order valence-electron chi connectivity index (χ0n) is 10.5. The lowest BCUT2D eigenvalue weighted by Gasteiger charge is -2.09. The largest absolute Gasteiger partial charge is 0.238 e. The lowest BCUT2D eigenvalue weighted by atomic mass is 10.2. The molecular weight excluding hydrogens is 269 g/mol. The summed E-state index contributed by atoms with van der Waals surface area (Å²) in [6.45, 7) is 1.70. The van der Waals surface area contributed by atoms with Crippen LogP contribution in [0.1, 0.15) is 18.5 Å². The van der Waals surface area contributed by atoms with Gasteiger partial charge in [-0.15, -0.1) is 0 Å². The van der Waals surface area contributed by atoms with Gasteiger partial charge in [-0.25, -0.2) is 22.2 Å². The zero-order chi connectivity index (χ0) is 14.0. The molecule has 0 saturated carbocycles. The van der Waals surface area contributed by atoms with Crippen molar-refractivity contribution in [2.75, 3.05) is 6.26 Å². The Kier molecular flexibility index (Phi) is 3.68. The Bertz CT molecular complexity index is 682. The molecule has 102 valence electrons. The molecule has 1 aromatic heterocycles. The summed E-state index contributed by atoms with van der Waals surface area (Å²) in [5, 5.41) is 4.04. The topological polar surface area (TPSA) is 64.0 Å². The van der Waals surface area contributed by atoms with E-state index in [1.807, 2.05) is 0 Å². The van der Waals surface area contributed by atoms with Gasteiger partial charge in [-0.2, -0.15) is 5.10 Å². The SMILES string of the molecule is CC(NS(C)(=O)=O)c1cnn(-c2ccccc2F)c1. The lowest BCUT2D eigenvalue weighted by molar-refractivity contribution is 0.573. The molecule has 0 bridgehead atoms. The van der Waals surface area contributed by atoms with Gasteiger partial charge in [-0.1, -0.05) is 12.1 Å². The normalized spacial score (nSPS) is 13.4. The molecule has 1 unspecified atom stereocenters. The maximum absolute atomic E-state index is 13.6. The summed E-state index contributed by atoms with van der Waals surface area (Å²) in [7, 11) is -3.30. The van der Waals surface area contributed by atoms with Crippen LogP contribution >= 0.6 is 0 Å². The van der Waals surface area contributed by atoms with Crippen LogP contribution in [0.4, 0.5) is 4.39 Å². The fraction of sp³-hybridized carbons (Fsp3) is 0.250. The van der Waals surface area contributed by atoms with Gasteiger partial charge < -0.3 is 0 Å². The molecule has 1 heterocycles. The molecule has 19 heavy (non-hydrogen) atoms. The molecule has 0 saturated heterocycles. The Balaban J connectivity index is 2.27. The highest BCUT2D eigenvalue weighted by Crippen LogP contribution is 2.16. The standard InChI is InChI=1S/C12H14FN3O2S/c1-9(15-19(2,17)18)10-7-14-16(8-10)12-6-4-3-5-11(12)13/h3-9,15H,1-2H3. The van der Waals surface area contributed by atoms with Crippen LogP contribution in [0.2, 0.25) is 0 Å². The van der Waals surface area contributed by atoms with Gasteiger partial charge in [0.2, 0.25) is 10.0 Å². The molecule has 0 aliphatic carbocycles. The average Bonchev–Trinajstić information content (AvgIpc) is 2.76. The van der Waals surface area contributed by atoms with Gasteiger partial charge in [0.1, 0.15) is 11.5 Å². The second-order valence-corrected chi connectivity index (χ2v) is 6.06. The van der Waals surface area contributed by atoms with Crippen molar-refractivity contribution in [3.8, 4) is 5.69 Å². The van der Waals surface area contributed by atoms with E-state index in [9.17, 15) is 12.8 Å². The molecule has 2 rings (SSSR count). The third-order valence-electron chi connectivity index (χ3n) is 2.59. The summed E-state index contributed by atoms with van der Waals surface area (Å²) < 4.78 is 39.7. The van der Waals surface area contributed by atoms with Crippen LogP contribution < -0.4 is 4.72 Å². The summed E-state index contributed by atoms with van der Waals surface area (Å²) in [6.07, 6.45) is 4.20. The van der Waals surface area contributed by atoms with Crippen LogP contribution in [0.3, 0.4) is 0 Å². The number of rotatable bonds is 4. The number of hydrogen-bond acceptors (Lipinski definition) is 3. The van der Waals surface area contributed by atoms with Crippen LogP contribution in [0.15, 0.2) is 36.7 Å². The fourth-order valence-corrected chi connectivity index (χ4v) is 2.50. The third-order valence-corrected chi connectivity index (χ3v) is 3.37. The number of benzene rings is 1. The maximum Gasteiger partial charge on any atom is 0.209 e. The molecule has 2 aromatic rings. The van der Waals surface area contributed by atoms with E-state index >= 15 is 0 Å². The van der Waals surface area contributed by atoms with Crippen molar-refractivity contribution in [3.63, 3.8) is 0 Å². The average molecular weight is 283 g/mol. The van der Waals surface area contributed by atoms with Gasteiger partial charge in [-0.05, 0) is 19.1 Å². The van der Waals surface area contributed by atoms with Crippen LogP contribution in [-0.2, 0) is 10.0 Å². The summed E-state index contributed by atoms with van der Waals surface area (Å²) in [5.74, 6) is -0.388. The minimum atomic E-state index is -3.30. The first-order valence-corrected chi connectivity index (χ1v) is 7.53. The van der Waals surface area contributed by atoms with Crippen molar-refractivity contribution in [1.29, 1.82) is 0 Å². The first-order chi connectivity index (χ1) is 8.87. The molecule has 0 aliphatic heterocycles. The fourth-order valence-electron chi connectivity index (χ4n) is 1.72. The van der Waals surface area contributed by atoms with Crippen molar-refractivity contribution in [2.45, 2.75) is 13.0 Å². The predicted octanol–water partition coefficient (Wildman–Crippen LogP) is 1.62. The quantitative estimate of drug-likeness (QED) is 0.927. The van der Waals surface area contributed by atoms with Gasteiger partial charge in [0.05, 0.1) is 12.5 Å². The number of para-hydroxylation sites is 1. The van der Waals surface area contributed by atoms with Crippen molar-refractivity contribution in [3.05, 3.63) is 48.0 Å². The molecule has 5 nitrogen and oxygen atoms in total. The van der Waals surface area contributed by atoms with Crippen molar-refractivity contribution in [2.24, 2.45) is 0 Å². The lowest BCUT2D eigenvalue weighted by Crippen LogP contribution is -2.25. The summed E-state index contributed by atoms with van der Waals surface area (Å²) in [4.78, 5) is 0. The molecule has 0 aliphatic rings. The monoisotopic (exact) mass is 283 g/mol. The number of aromatic nitrogens is 2. The number of halogens is 1. The van der Waals surface area contributed by atoms with Crippen molar-refractivity contribution < 1.29 is 12.8 Å². The van der Waals surface area contributed by atoms with E-state index in [0.29, 0.717) is 11.3 Å². The summed E-state index contributed by atoms with van der Waals surface area (Å²) in [5.41, 5.74) is 0.981. The molecule has 0 fully saturated rings.